The molecule has 1 saturated heterocycles. The van der Waals surface area contributed by atoms with Crippen LogP contribution >= 0.6 is 34.9 Å². The lowest BCUT2D eigenvalue weighted by atomic mass is 10.0. The highest BCUT2D eigenvalue weighted by Gasteiger charge is 2.54. The number of amides is 2. The van der Waals surface area contributed by atoms with E-state index in [0.29, 0.717) is 10.6 Å². The summed E-state index contributed by atoms with van der Waals surface area (Å²) in [4.78, 5) is 80.4. The van der Waals surface area contributed by atoms with Gasteiger partial charge in [-0.3, -0.25) is 14.5 Å². The van der Waals surface area contributed by atoms with E-state index in [-0.39, 0.29) is 45.1 Å². The number of β-lactam (4-membered cyclic amide) rings is 1. The Morgan fingerprint density at radius 2 is 1.88 bits per heavy atom. The molecule has 0 aliphatic carbocycles. The van der Waals surface area contributed by atoms with E-state index in [1.807, 2.05) is 0 Å². The second-order valence-corrected chi connectivity index (χ2v) is 13.2. The van der Waals surface area contributed by atoms with E-state index in [1.165, 1.54) is 34.1 Å². The zero-order valence-electron chi connectivity index (χ0n) is 24.8. The number of anilines is 1. The number of carbonyl (C=O) groups is 5. The number of thiazole rings is 1. The van der Waals surface area contributed by atoms with Gasteiger partial charge < -0.3 is 41.4 Å². The van der Waals surface area contributed by atoms with Crippen molar-refractivity contribution in [2.24, 2.45) is 5.16 Å². The third kappa shape index (κ3) is 6.30. The molecule has 1 aromatic carbocycles. The number of hydrogen-bond acceptors (Lipinski definition) is 17. The smallest absolute Gasteiger partial charge is 0.354 e. The summed E-state index contributed by atoms with van der Waals surface area (Å²) in [6.07, 6.45) is 1.19. The Morgan fingerprint density at radius 1 is 1.10 bits per heavy atom. The van der Waals surface area contributed by atoms with Crippen molar-refractivity contribution in [1.29, 1.82) is 0 Å². The first-order valence-corrected chi connectivity index (χ1v) is 16.7. The molecule has 258 valence electrons. The largest absolute Gasteiger partial charge is 0.504 e. The summed E-state index contributed by atoms with van der Waals surface area (Å²) < 4.78 is 1.30. The lowest BCUT2D eigenvalue weighted by Crippen LogP contribution is -2.71. The number of fused-ring (bicyclic) bond motifs is 2. The number of thioether (sulfide) groups is 2. The molecule has 5 heterocycles. The summed E-state index contributed by atoms with van der Waals surface area (Å²) in [5.74, 6) is -6.98. The highest BCUT2D eigenvalue weighted by molar-refractivity contribution is 8.01. The molecule has 0 radical (unpaired) electrons. The van der Waals surface area contributed by atoms with Crippen molar-refractivity contribution in [3.8, 4) is 11.5 Å². The molecule has 2 aliphatic heterocycles. The highest BCUT2D eigenvalue weighted by atomic mass is 32.2. The zero-order valence-corrected chi connectivity index (χ0v) is 27.2. The maximum Gasteiger partial charge on any atom is 0.354 e. The molecular formula is C27H21N9O11S3. The molecule has 1 fully saturated rings. The van der Waals surface area contributed by atoms with E-state index in [0.717, 1.165) is 40.1 Å². The van der Waals surface area contributed by atoms with Crippen molar-refractivity contribution >= 4 is 81.2 Å². The van der Waals surface area contributed by atoms with Crippen LogP contribution in [-0.4, -0.2) is 113 Å². The zero-order chi connectivity index (χ0) is 35.9. The number of aromatic hydroxyl groups is 2. The van der Waals surface area contributed by atoms with E-state index in [4.69, 9.17) is 10.6 Å². The Kier molecular flexibility index (Phi) is 9.18. The lowest BCUT2D eigenvalue weighted by Gasteiger charge is -2.49. The number of nitrogens with two attached hydrogens (primary N) is 1. The Hall–Kier alpha value is -5.94. The van der Waals surface area contributed by atoms with Crippen LogP contribution in [0.25, 0.3) is 5.78 Å². The van der Waals surface area contributed by atoms with E-state index in [9.17, 15) is 49.5 Å². The van der Waals surface area contributed by atoms with Crippen LogP contribution in [0, 0.1) is 0 Å². The van der Waals surface area contributed by atoms with Gasteiger partial charge in [0.1, 0.15) is 40.8 Å². The number of phenols is 2. The number of aliphatic carboxylic acids is 1. The second kappa shape index (κ2) is 13.5. The molecule has 2 aliphatic rings. The van der Waals surface area contributed by atoms with Gasteiger partial charge in [-0.15, -0.1) is 34.9 Å². The number of nitrogens with one attached hydrogen (secondary N) is 1. The minimum absolute atomic E-state index is 0.0330. The molecule has 2 atom stereocenters. The number of phenolic OH excluding ortho intramolecular Hbond substituents is 2. The molecular weight excluding hydrogens is 723 g/mol. The summed E-state index contributed by atoms with van der Waals surface area (Å²) in [5.41, 5.74) is 4.25. The van der Waals surface area contributed by atoms with Gasteiger partial charge in [-0.05, 0) is 17.7 Å². The lowest BCUT2D eigenvalue weighted by molar-refractivity contribution is -0.150. The quantitative estimate of drug-likeness (QED) is 0.0258. The summed E-state index contributed by atoms with van der Waals surface area (Å²) >= 11 is 3.22. The molecule has 4 aromatic rings. The van der Waals surface area contributed by atoms with Crippen LogP contribution in [0.1, 0.15) is 32.1 Å². The Balaban J connectivity index is 1.20. The van der Waals surface area contributed by atoms with E-state index >= 15 is 0 Å². The number of hydrogen-bond donors (Lipinski definition) is 7. The molecule has 20 nitrogen and oxygen atoms in total. The molecule has 3 aromatic heterocycles. The third-order valence-corrected chi connectivity index (χ3v) is 10.3. The minimum atomic E-state index is -1.43. The fourth-order valence-corrected chi connectivity index (χ4v) is 7.93. The van der Waals surface area contributed by atoms with Gasteiger partial charge in [0.25, 0.3) is 17.6 Å². The first-order valence-electron chi connectivity index (χ1n) is 13.8. The molecule has 2 amide bonds. The summed E-state index contributed by atoms with van der Waals surface area (Å²) in [6, 6.07) is 2.09. The highest BCUT2D eigenvalue weighted by Crippen LogP contribution is 2.42. The number of nitrogens with zero attached hydrogens (tertiary/aromatic N) is 7. The van der Waals surface area contributed by atoms with Crippen LogP contribution < -0.4 is 11.1 Å². The average Bonchev–Trinajstić information content (AvgIpc) is 3.74. The van der Waals surface area contributed by atoms with Crippen LogP contribution in [-0.2, 0) is 25.8 Å². The van der Waals surface area contributed by atoms with Crippen molar-refractivity contribution in [3.63, 3.8) is 0 Å². The molecule has 0 saturated carbocycles. The first kappa shape index (κ1) is 33.9. The minimum Gasteiger partial charge on any atom is -0.504 e. The fraction of sp³-hybridized carbons (Fsp3) is 0.185. The van der Waals surface area contributed by atoms with Crippen LogP contribution in [0.3, 0.4) is 0 Å². The SMILES string of the molecule is Nc1nc(/C(=N/OCc2c(C(=O)O)ccc(O)c2O)C(=O)N[C@@H]2C(=O)N3C(C(=O)O)=C(CSc4cc(C(=O)O)nc5ncnn45)CS[C@H]23)cs1. The number of carboxylic acids is 3. The van der Waals surface area contributed by atoms with Crippen molar-refractivity contribution in [3.05, 3.63) is 63.7 Å². The predicted octanol–water partition coefficient (Wildman–Crippen LogP) is 0.422. The van der Waals surface area contributed by atoms with Crippen LogP contribution in [0.5, 0.6) is 11.5 Å². The van der Waals surface area contributed by atoms with E-state index in [1.54, 1.807) is 0 Å². The number of rotatable bonds is 12. The van der Waals surface area contributed by atoms with Gasteiger partial charge in [0, 0.05) is 23.0 Å². The van der Waals surface area contributed by atoms with Gasteiger partial charge >= 0.3 is 17.9 Å². The molecule has 23 heteroatoms. The number of nitrogen functional groups attached to an aromatic ring is 1. The molecule has 8 N–H and O–H groups in total. The maximum absolute atomic E-state index is 13.5. The Bertz CT molecular complexity index is 2170. The number of carboxylic acid groups (broad SMARTS) is 3. The maximum atomic E-state index is 13.5. The predicted molar refractivity (Wildman–Crippen MR) is 173 cm³/mol. The average molecular weight is 744 g/mol. The first-order chi connectivity index (χ1) is 23.8. The normalized spacial score (nSPS) is 17.3. The van der Waals surface area contributed by atoms with Crippen LogP contribution in [0.4, 0.5) is 5.13 Å². The number of oxime groups is 1. The molecule has 6 rings (SSSR count). The van der Waals surface area contributed by atoms with Gasteiger partial charge in [-0.1, -0.05) is 5.16 Å². The van der Waals surface area contributed by atoms with E-state index < -0.39 is 70.5 Å². The Morgan fingerprint density at radius 3 is 2.56 bits per heavy atom. The van der Waals surface area contributed by atoms with Crippen molar-refractivity contribution in [2.45, 2.75) is 23.0 Å². The number of aromatic carboxylic acids is 2. The molecule has 0 bridgehead atoms. The summed E-state index contributed by atoms with van der Waals surface area (Å²) in [5, 5.41) is 60.2. The topological polar surface area (TPSA) is 305 Å². The van der Waals surface area contributed by atoms with Crippen molar-refractivity contribution < 1.29 is 54.3 Å². The second-order valence-electron chi connectivity index (χ2n) is 10.2. The molecule has 0 spiro atoms. The Labute approximate surface area is 290 Å². The van der Waals surface area contributed by atoms with Crippen LogP contribution in [0.15, 0.2) is 51.4 Å². The number of benzene rings is 1. The summed E-state index contributed by atoms with van der Waals surface area (Å²) in [7, 11) is 0. The monoisotopic (exact) mass is 743 g/mol. The van der Waals surface area contributed by atoms with Gasteiger partial charge in [0.15, 0.2) is 28.0 Å². The third-order valence-electron chi connectivity index (χ3n) is 7.21. The van der Waals surface area contributed by atoms with Gasteiger partial charge in [0.05, 0.1) is 11.1 Å². The van der Waals surface area contributed by atoms with Gasteiger partial charge in [0.2, 0.25) is 0 Å². The van der Waals surface area contributed by atoms with Crippen molar-refractivity contribution in [1.82, 2.24) is 34.8 Å². The number of aromatic nitrogens is 5. The molecule has 0 unspecified atom stereocenters. The molecule has 50 heavy (non-hydrogen) atoms. The van der Waals surface area contributed by atoms with Gasteiger partial charge in [-0.25, -0.2) is 24.4 Å². The standard InChI is InChI=1S/C27H21N9O11S3/c28-26-31-13(7-50-26)16(34-47-4-11-10(23(41)42)1-2-14(37)19(11)38)20(39)33-17-21(40)35-18(25(45)46)9(6-49-22(17)35)5-48-15-3-12(24(43)44)32-27-29-8-30-36(15)27/h1-3,7-8,17,22,37-38H,4-6H2,(H2,28,31)(H,33,39)(H,41,42)(H,43,44)(H,45,46)/b34-16-/t17-,22-/m1/s1. The number of carbonyl (C=O) groups excluding carboxylic acids is 2. The van der Waals surface area contributed by atoms with Crippen molar-refractivity contribution in [2.75, 3.05) is 17.2 Å². The summed E-state index contributed by atoms with van der Waals surface area (Å²) in [6.45, 7) is -0.694. The van der Waals surface area contributed by atoms with Crippen LogP contribution in [0.2, 0.25) is 0 Å². The van der Waals surface area contributed by atoms with E-state index in [2.05, 4.69) is 30.5 Å². The van der Waals surface area contributed by atoms with Gasteiger partial charge in [-0.2, -0.15) is 14.6 Å². The fourth-order valence-electron chi connectivity index (χ4n) is 4.90.